The highest BCUT2D eigenvalue weighted by Gasteiger charge is 2.39. The van der Waals surface area contributed by atoms with Crippen LogP contribution in [-0.2, 0) is 32.1 Å². The Bertz CT molecular complexity index is 2170. The summed E-state index contributed by atoms with van der Waals surface area (Å²) in [6.07, 6.45) is 0.975. The number of imide groups is 1. The topological polar surface area (TPSA) is 162 Å². The highest BCUT2D eigenvalue weighted by Crippen LogP contribution is 2.34. The molecule has 0 spiro atoms. The number of halogens is 1. The molecule has 4 aromatic rings. The number of aromatic nitrogens is 2. The third kappa shape index (κ3) is 7.71. The van der Waals surface area contributed by atoms with E-state index in [1.165, 1.54) is 28.8 Å². The Labute approximate surface area is 307 Å². The molecule has 2 N–H and O–H groups in total. The molecule has 53 heavy (non-hydrogen) atoms. The van der Waals surface area contributed by atoms with Gasteiger partial charge in [-0.25, -0.2) is 9.49 Å². The zero-order valence-corrected chi connectivity index (χ0v) is 29.6. The smallest absolute Gasteiger partial charge is 0.272 e. The van der Waals surface area contributed by atoms with Gasteiger partial charge in [0.25, 0.3) is 17.4 Å². The molecule has 3 aromatic carbocycles. The maximum Gasteiger partial charge on any atom is 0.272 e. The number of amides is 5. The predicted octanol–water partition coefficient (Wildman–Crippen LogP) is 2.90. The largest absolute Gasteiger partial charge is 0.380 e. The first-order valence-corrected chi connectivity index (χ1v) is 18.5. The minimum Gasteiger partial charge on any atom is -0.380 e. The number of benzene rings is 3. The lowest BCUT2D eigenvalue weighted by molar-refractivity contribution is -0.137. The number of H-pyrrole nitrogens is 1. The summed E-state index contributed by atoms with van der Waals surface area (Å²) in [7, 11) is 0. The molecule has 0 radical (unpaired) electrons. The molecule has 0 bridgehead atoms. The minimum absolute atomic E-state index is 0.0547. The van der Waals surface area contributed by atoms with E-state index in [0.717, 1.165) is 10.5 Å². The fourth-order valence-corrected chi connectivity index (χ4v) is 7.94. The van der Waals surface area contributed by atoms with Gasteiger partial charge in [-0.15, -0.1) is 11.8 Å². The van der Waals surface area contributed by atoms with Crippen molar-refractivity contribution < 1.29 is 33.1 Å². The van der Waals surface area contributed by atoms with Crippen molar-refractivity contribution in [2.24, 2.45) is 0 Å². The number of piperidine rings is 1. The van der Waals surface area contributed by atoms with Crippen LogP contribution in [0.5, 0.6) is 0 Å². The minimum atomic E-state index is -0.671. The molecular formula is C38H37FN6O7S. The van der Waals surface area contributed by atoms with Gasteiger partial charge in [0, 0.05) is 67.2 Å². The molecule has 15 heteroatoms. The number of nitrogens with one attached hydrogen (secondary N) is 2. The number of carbonyl (C=O) groups is 5. The molecule has 13 nitrogen and oxygen atoms in total. The van der Waals surface area contributed by atoms with Crippen molar-refractivity contribution in [2.45, 2.75) is 43.2 Å². The zero-order valence-electron chi connectivity index (χ0n) is 28.8. The lowest BCUT2D eigenvalue weighted by Crippen LogP contribution is -2.52. The summed E-state index contributed by atoms with van der Waals surface area (Å²) in [4.78, 5) is 81.2. The Morgan fingerprint density at radius 1 is 0.925 bits per heavy atom. The number of hydrogen-bond donors (Lipinski definition) is 2. The average molecular weight is 741 g/mol. The standard InChI is InChI=1S/C38H37FN6O7S/c39-29-9-8-23(21-30-24-4-1-2-5-25(24)35(48)42-41-30)20-27(29)37(50)44-15-13-43(14-16-44)34(47)12-17-52-18-19-53-32-7-3-6-26-28(32)22-45(38(26)51)31-10-11-33(46)40-36(31)49/h1-9,20,31H,10-19,21-22H2,(H,42,48)(H,40,46,49). The van der Waals surface area contributed by atoms with Crippen LogP contribution >= 0.6 is 11.8 Å². The van der Waals surface area contributed by atoms with E-state index in [-0.39, 0.29) is 61.4 Å². The summed E-state index contributed by atoms with van der Waals surface area (Å²) in [5.74, 6) is -1.57. The van der Waals surface area contributed by atoms with Crippen LogP contribution in [0, 0.1) is 5.82 Å². The zero-order chi connectivity index (χ0) is 37.1. The number of rotatable bonds is 11. The number of nitrogens with zero attached hydrogens (tertiary/aromatic N) is 4. The molecule has 274 valence electrons. The number of hydrogen-bond acceptors (Lipinski definition) is 9. The Balaban J connectivity index is 0.848. The van der Waals surface area contributed by atoms with Crippen LogP contribution in [0.25, 0.3) is 10.8 Å². The number of aromatic amines is 1. The predicted molar refractivity (Wildman–Crippen MR) is 193 cm³/mol. The van der Waals surface area contributed by atoms with Crippen LogP contribution < -0.4 is 10.9 Å². The first kappa shape index (κ1) is 36.0. The molecule has 5 amide bonds. The van der Waals surface area contributed by atoms with Gasteiger partial charge in [-0.05, 0) is 47.9 Å². The summed E-state index contributed by atoms with van der Waals surface area (Å²) in [6, 6.07) is 16.3. The fraction of sp³-hybridized carbons (Fsp3) is 0.342. The molecule has 3 aliphatic rings. The number of ether oxygens (including phenoxy) is 1. The molecule has 0 saturated carbocycles. The SMILES string of the molecule is O=C1CCC(N2Cc3c(SCCOCCC(=O)N4CCN(C(=O)c5cc(Cc6n[nH]c(=O)c7ccccc67)ccc5F)CC4)cccc3C2=O)C(=O)N1. The van der Waals surface area contributed by atoms with Crippen molar-refractivity contribution in [1.29, 1.82) is 0 Å². The van der Waals surface area contributed by atoms with Gasteiger partial charge in [0.1, 0.15) is 11.9 Å². The van der Waals surface area contributed by atoms with Crippen LogP contribution in [-0.4, -0.2) is 106 Å². The molecule has 2 fully saturated rings. The second-order valence-electron chi connectivity index (χ2n) is 13.1. The van der Waals surface area contributed by atoms with Crippen LogP contribution in [0.3, 0.4) is 0 Å². The van der Waals surface area contributed by atoms with Crippen molar-refractivity contribution >= 4 is 52.1 Å². The van der Waals surface area contributed by atoms with E-state index < -0.39 is 23.7 Å². The summed E-state index contributed by atoms with van der Waals surface area (Å²) < 4.78 is 20.7. The number of piperazine rings is 1. The van der Waals surface area contributed by atoms with Gasteiger partial charge in [0.2, 0.25) is 17.7 Å². The van der Waals surface area contributed by atoms with E-state index in [1.807, 2.05) is 18.2 Å². The molecule has 2 saturated heterocycles. The maximum absolute atomic E-state index is 14.9. The van der Waals surface area contributed by atoms with Crippen LogP contribution in [0.1, 0.15) is 56.8 Å². The Hall–Kier alpha value is -5.41. The molecule has 4 heterocycles. The van der Waals surface area contributed by atoms with E-state index in [2.05, 4.69) is 15.5 Å². The maximum atomic E-state index is 14.9. The normalized spacial score (nSPS) is 17.3. The van der Waals surface area contributed by atoms with Crippen molar-refractivity contribution in [2.75, 3.05) is 45.1 Å². The van der Waals surface area contributed by atoms with Crippen LogP contribution in [0.2, 0.25) is 0 Å². The average Bonchev–Trinajstić information content (AvgIpc) is 3.50. The number of carbonyl (C=O) groups excluding carboxylic acids is 5. The summed E-state index contributed by atoms with van der Waals surface area (Å²) >= 11 is 1.53. The second kappa shape index (κ2) is 15.7. The summed E-state index contributed by atoms with van der Waals surface area (Å²) in [5, 5.41) is 10.2. The lowest BCUT2D eigenvalue weighted by atomic mass is 10.0. The van der Waals surface area contributed by atoms with E-state index in [1.54, 1.807) is 40.1 Å². The van der Waals surface area contributed by atoms with E-state index in [0.29, 0.717) is 72.4 Å². The molecular weight excluding hydrogens is 704 g/mol. The van der Waals surface area contributed by atoms with Crippen molar-refractivity contribution in [3.05, 3.63) is 105 Å². The number of fused-ring (bicyclic) bond motifs is 2. The van der Waals surface area contributed by atoms with Crippen molar-refractivity contribution in [3.63, 3.8) is 0 Å². The van der Waals surface area contributed by atoms with Gasteiger partial charge in [-0.1, -0.05) is 30.3 Å². The highest BCUT2D eigenvalue weighted by atomic mass is 32.2. The van der Waals surface area contributed by atoms with Crippen LogP contribution in [0.4, 0.5) is 4.39 Å². The van der Waals surface area contributed by atoms with Gasteiger partial charge in [-0.2, -0.15) is 5.10 Å². The third-order valence-electron chi connectivity index (χ3n) is 9.81. The molecule has 1 unspecified atom stereocenters. The first-order valence-electron chi connectivity index (χ1n) is 17.5. The third-order valence-corrected chi connectivity index (χ3v) is 10.9. The van der Waals surface area contributed by atoms with E-state index in [4.69, 9.17) is 4.74 Å². The summed E-state index contributed by atoms with van der Waals surface area (Å²) in [5.41, 5.74) is 2.34. The van der Waals surface area contributed by atoms with Gasteiger partial charge in [-0.3, -0.25) is 34.1 Å². The quantitative estimate of drug-likeness (QED) is 0.134. The van der Waals surface area contributed by atoms with Gasteiger partial charge < -0.3 is 19.4 Å². The molecule has 0 aliphatic carbocycles. The monoisotopic (exact) mass is 740 g/mol. The highest BCUT2D eigenvalue weighted by molar-refractivity contribution is 7.99. The van der Waals surface area contributed by atoms with Gasteiger partial charge in [0.05, 0.1) is 36.3 Å². The Morgan fingerprint density at radius 2 is 1.70 bits per heavy atom. The first-order chi connectivity index (χ1) is 25.7. The van der Waals surface area contributed by atoms with Crippen molar-refractivity contribution in [3.8, 4) is 0 Å². The van der Waals surface area contributed by atoms with Gasteiger partial charge >= 0.3 is 0 Å². The molecule has 7 rings (SSSR count). The lowest BCUT2D eigenvalue weighted by Gasteiger charge is -2.35. The molecule has 3 aliphatic heterocycles. The number of thioether (sulfide) groups is 1. The Kier molecular flexibility index (Phi) is 10.6. The van der Waals surface area contributed by atoms with Gasteiger partial charge in [0.15, 0.2) is 0 Å². The molecule has 1 atom stereocenters. The molecule has 1 aromatic heterocycles. The Morgan fingerprint density at radius 3 is 2.49 bits per heavy atom. The van der Waals surface area contributed by atoms with Crippen LogP contribution in [0.15, 0.2) is 70.4 Å². The second-order valence-corrected chi connectivity index (χ2v) is 14.2. The fourth-order valence-electron chi connectivity index (χ4n) is 7.00. The summed E-state index contributed by atoms with van der Waals surface area (Å²) in [6.45, 7) is 2.09. The van der Waals surface area contributed by atoms with E-state index >= 15 is 0 Å². The van der Waals surface area contributed by atoms with E-state index in [9.17, 15) is 33.2 Å². The van der Waals surface area contributed by atoms with Crippen molar-refractivity contribution in [1.82, 2.24) is 30.2 Å².